The van der Waals surface area contributed by atoms with Gasteiger partial charge in [-0.25, -0.2) is 0 Å². The van der Waals surface area contributed by atoms with Crippen molar-refractivity contribution < 1.29 is 0 Å². The van der Waals surface area contributed by atoms with E-state index in [0.29, 0.717) is 5.92 Å². The van der Waals surface area contributed by atoms with Crippen LogP contribution in [-0.4, -0.2) is 18.8 Å². The van der Waals surface area contributed by atoms with E-state index in [0.717, 1.165) is 13.1 Å². The molecule has 2 aliphatic heterocycles. The molecule has 0 amide bonds. The van der Waals surface area contributed by atoms with Crippen LogP contribution in [0.1, 0.15) is 17.9 Å². The molecule has 0 aromatic heterocycles. The predicted molar refractivity (Wildman–Crippen MR) is 61.0 cm³/mol. The summed E-state index contributed by atoms with van der Waals surface area (Å²) < 4.78 is 0. The van der Waals surface area contributed by atoms with Crippen molar-refractivity contribution in [1.82, 2.24) is 5.32 Å². The molecule has 0 radical (unpaired) electrons. The van der Waals surface area contributed by atoms with Crippen LogP contribution in [0.5, 0.6) is 0 Å². The number of nitrogens with one attached hydrogen (secondary N) is 1. The standard InChI is InChI=1S/C11H12N2.ClH/c1-2-4-10-8(3-1)9-5-6-12-7-11(9)13-10;/h1-4,9,12H,5-7H2;1H. The van der Waals surface area contributed by atoms with E-state index in [4.69, 9.17) is 0 Å². The van der Waals surface area contributed by atoms with Gasteiger partial charge >= 0.3 is 0 Å². The van der Waals surface area contributed by atoms with Gasteiger partial charge in [-0.15, -0.1) is 12.4 Å². The number of piperidine rings is 1. The summed E-state index contributed by atoms with van der Waals surface area (Å²) in [5.41, 5.74) is 3.94. The largest absolute Gasteiger partial charge is 0.311 e. The first-order valence-corrected chi connectivity index (χ1v) is 4.82. The quantitative estimate of drug-likeness (QED) is 0.695. The molecule has 1 atom stereocenters. The summed E-state index contributed by atoms with van der Waals surface area (Å²) in [4.78, 5) is 4.63. The van der Waals surface area contributed by atoms with Crippen LogP contribution in [0.25, 0.3) is 0 Å². The van der Waals surface area contributed by atoms with Crippen molar-refractivity contribution in [2.24, 2.45) is 4.99 Å². The lowest BCUT2D eigenvalue weighted by Crippen LogP contribution is -2.33. The van der Waals surface area contributed by atoms with E-state index >= 15 is 0 Å². The molecule has 0 aliphatic carbocycles. The average molecular weight is 209 g/mol. The maximum atomic E-state index is 4.63. The molecular weight excluding hydrogens is 196 g/mol. The summed E-state index contributed by atoms with van der Waals surface area (Å²) in [6.07, 6.45) is 1.20. The molecule has 1 aromatic carbocycles. The first-order valence-electron chi connectivity index (χ1n) is 4.82. The Morgan fingerprint density at radius 2 is 2.14 bits per heavy atom. The monoisotopic (exact) mass is 208 g/mol. The highest BCUT2D eigenvalue weighted by atomic mass is 35.5. The Hall–Kier alpha value is -0.860. The second kappa shape index (κ2) is 3.71. The normalized spacial score (nSPS) is 23.1. The second-order valence-corrected chi connectivity index (χ2v) is 3.68. The molecule has 2 heterocycles. The highest BCUT2D eigenvalue weighted by molar-refractivity contribution is 5.99. The van der Waals surface area contributed by atoms with Gasteiger partial charge in [-0.05, 0) is 24.6 Å². The molecule has 0 bridgehead atoms. The van der Waals surface area contributed by atoms with Gasteiger partial charge in [-0.2, -0.15) is 0 Å². The highest BCUT2D eigenvalue weighted by Crippen LogP contribution is 2.37. The minimum atomic E-state index is 0. The molecule has 2 nitrogen and oxygen atoms in total. The molecule has 14 heavy (non-hydrogen) atoms. The number of para-hydroxylation sites is 1. The number of hydrogen-bond acceptors (Lipinski definition) is 2. The molecule has 2 aliphatic rings. The van der Waals surface area contributed by atoms with E-state index in [1.807, 2.05) is 0 Å². The maximum Gasteiger partial charge on any atom is 0.0668 e. The van der Waals surface area contributed by atoms with Crippen LogP contribution in [0.2, 0.25) is 0 Å². The van der Waals surface area contributed by atoms with E-state index < -0.39 is 0 Å². The molecule has 0 spiro atoms. The molecule has 1 unspecified atom stereocenters. The fourth-order valence-electron chi connectivity index (χ4n) is 2.24. The van der Waals surface area contributed by atoms with Crippen LogP contribution >= 0.6 is 12.4 Å². The third-order valence-corrected chi connectivity index (χ3v) is 2.89. The van der Waals surface area contributed by atoms with Crippen molar-refractivity contribution in [3.8, 4) is 0 Å². The highest BCUT2D eigenvalue weighted by Gasteiger charge is 2.28. The van der Waals surface area contributed by atoms with Gasteiger partial charge in [0.2, 0.25) is 0 Å². The van der Waals surface area contributed by atoms with Gasteiger partial charge in [0.25, 0.3) is 0 Å². The van der Waals surface area contributed by atoms with Crippen LogP contribution in [0.15, 0.2) is 29.3 Å². The summed E-state index contributed by atoms with van der Waals surface area (Å²) in [5, 5.41) is 3.36. The molecule has 1 N–H and O–H groups in total. The lowest BCUT2D eigenvalue weighted by atomic mass is 9.90. The lowest BCUT2D eigenvalue weighted by Gasteiger charge is -2.20. The number of rotatable bonds is 0. The molecule has 3 rings (SSSR count). The van der Waals surface area contributed by atoms with Gasteiger partial charge in [0, 0.05) is 18.2 Å². The molecule has 3 heteroatoms. The van der Waals surface area contributed by atoms with Crippen molar-refractivity contribution in [2.45, 2.75) is 12.3 Å². The number of nitrogens with zero attached hydrogens (tertiary/aromatic N) is 1. The van der Waals surface area contributed by atoms with Crippen molar-refractivity contribution in [1.29, 1.82) is 0 Å². The van der Waals surface area contributed by atoms with Crippen LogP contribution in [0.4, 0.5) is 5.69 Å². The zero-order valence-corrected chi connectivity index (χ0v) is 8.68. The molecule has 0 saturated carbocycles. The Labute approximate surface area is 89.8 Å². The van der Waals surface area contributed by atoms with E-state index in [1.54, 1.807) is 0 Å². The van der Waals surface area contributed by atoms with Crippen LogP contribution in [-0.2, 0) is 0 Å². The number of halogens is 1. The maximum absolute atomic E-state index is 4.63. The smallest absolute Gasteiger partial charge is 0.0668 e. The fourth-order valence-corrected chi connectivity index (χ4v) is 2.24. The number of fused-ring (bicyclic) bond motifs is 3. The van der Waals surface area contributed by atoms with Gasteiger partial charge in [0.1, 0.15) is 0 Å². The van der Waals surface area contributed by atoms with Crippen LogP contribution in [0.3, 0.4) is 0 Å². The summed E-state index contributed by atoms with van der Waals surface area (Å²) in [6, 6.07) is 8.50. The van der Waals surface area contributed by atoms with E-state index in [1.165, 1.54) is 23.4 Å². The minimum absolute atomic E-state index is 0. The van der Waals surface area contributed by atoms with Gasteiger partial charge < -0.3 is 5.32 Å². The Bertz CT molecular complexity index is 373. The first kappa shape index (κ1) is 9.69. The summed E-state index contributed by atoms with van der Waals surface area (Å²) in [5.74, 6) is 0.609. The Kier molecular flexibility index (Phi) is 2.57. The SMILES string of the molecule is Cl.c1ccc2c(c1)N=C1CNCCC12. The molecular formula is C11H13ClN2. The fraction of sp³-hybridized carbons (Fsp3) is 0.364. The van der Waals surface area contributed by atoms with Crippen LogP contribution < -0.4 is 5.32 Å². The van der Waals surface area contributed by atoms with Crippen molar-refractivity contribution in [2.75, 3.05) is 13.1 Å². The van der Waals surface area contributed by atoms with Crippen molar-refractivity contribution >= 4 is 23.8 Å². The van der Waals surface area contributed by atoms with Crippen molar-refractivity contribution in [3.05, 3.63) is 29.8 Å². The predicted octanol–water partition coefficient (Wildman–Crippen LogP) is 2.27. The number of benzene rings is 1. The summed E-state index contributed by atoms with van der Waals surface area (Å²) in [6.45, 7) is 2.09. The average Bonchev–Trinajstić information content (AvgIpc) is 2.56. The lowest BCUT2D eigenvalue weighted by molar-refractivity contribution is 0.631. The molecule has 74 valence electrons. The van der Waals surface area contributed by atoms with Gasteiger partial charge in [-0.3, -0.25) is 4.99 Å². The topological polar surface area (TPSA) is 24.4 Å². The van der Waals surface area contributed by atoms with E-state index in [-0.39, 0.29) is 12.4 Å². The zero-order chi connectivity index (χ0) is 8.67. The van der Waals surface area contributed by atoms with Crippen LogP contribution in [0, 0.1) is 0 Å². The van der Waals surface area contributed by atoms with E-state index in [9.17, 15) is 0 Å². The third kappa shape index (κ3) is 1.35. The Morgan fingerprint density at radius 1 is 1.29 bits per heavy atom. The summed E-state index contributed by atoms with van der Waals surface area (Å²) in [7, 11) is 0. The second-order valence-electron chi connectivity index (χ2n) is 3.68. The van der Waals surface area contributed by atoms with Crippen molar-refractivity contribution in [3.63, 3.8) is 0 Å². The van der Waals surface area contributed by atoms with Gasteiger partial charge in [-0.1, -0.05) is 18.2 Å². The minimum Gasteiger partial charge on any atom is -0.311 e. The first-order chi connectivity index (χ1) is 6.45. The van der Waals surface area contributed by atoms with Gasteiger partial charge in [0.15, 0.2) is 0 Å². The Morgan fingerprint density at radius 3 is 3.07 bits per heavy atom. The molecule has 1 aromatic rings. The number of hydrogen-bond donors (Lipinski definition) is 1. The van der Waals surface area contributed by atoms with E-state index in [2.05, 4.69) is 34.6 Å². The van der Waals surface area contributed by atoms with Gasteiger partial charge in [0.05, 0.1) is 5.69 Å². The molecule has 1 fully saturated rings. The molecule has 1 saturated heterocycles. The Balaban J connectivity index is 0.000000750. The number of aliphatic imine (C=N–C) groups is 1. The third-order valence-electron chi connectivity index (χ3n) is 2.89. The summed E-state index contributed by atoms with van der Waals surface area (Å²) >= 11 is 0. The zero-order valence-electron chi connectivity index (χ0n) is 7.86.